The Bertz CT molecular complexity index is 914. The van der Waals surface area contributed by atoms with E-state index in [2.05, 4.69) is 30.5 Å². The lowest BCUT2D eigenvalue weighted by molar-refractivity contribution is 0.355. The van der Waals surface area contributed by atoms with Gasteiger partial charge in [0.25, 0.3) is 5.56 Å². The minimum atomic E-state index is -0.292. The number of H-pyrrole nitrogens is 2. The summed E-state index contributed by atoms with van der Waals surface area (Å²) >= 11 is 0. The van der Waals surface area contributed by atoms with Crippen molar-refractivity contribution in [2.24, 2.45) is 5.10 Å². The molecule has 3 N–H and O–H groups in total. The molecular formula is C14H14N6O3. The van der Waals surface area contributed by atoms with Crippen LogP contribution in [0.15, 0.2) is 34.4 Å². The molecule has 23 heavy (non-hydrogen) atoms. The summed E-state index contributed by atoms with van der Waals surface area (Å²) in [5.41, 5.74) is 3.83. The van der Waals surface area contributed by atoms with Gasteiger partial charge in [-0.2, -0.15) is 10.1 Å². The molecule has 3 aromatic rings. The second-order valence-electron chi connectivity index (χ2n) is 4.50. The van der Waals surface area contributed by atoms with E-state index in [1.165, 1.54) is 6.33 Å². The molecule has 0 fully saturated rings. The van der Waals surface area contributed by atoms with Gasteiger partial charge in [-0.3, -0.25) is 4.79 Å². The molecule has 0 aliphatic rings. The van der Waals surface area contributed by atoms with E-state index in [0.29, 0.717) is 23.1 Å². The molecule has 0 unspecified atom stereocenters. The van der Waals surface area contributed by atoms with Crippen LogP contribution in [0.25, 0.3) is 11.2 Å². The number of nitrogens with zero attached hydrogens (tertiary/aromatic N) is 3. The maximum absolute atomic E-state index is 11.6. The predicted molar refractivity (Wildman–Crippen MR) is 85.3 cm³/mol. The van der Waals surface area contributed by atoms with E-state index in [4.69, 9.17) is 9.47 Å². The highest BCUT2D eigenvalue weighted by atomic mass is 16.5. The quantitative estimate of drug-likeness (QED) is 0.480. The number of fused-ring (bicyclic) bond motifs is 1. The van der Waals surface area contributed by atoms with Crippen LogP contribution in [0.4, 0.5) is 5.95 Å². The number of ether oxygens (including phenoxy) is 2. The van der Waals surface area contributed by atoms with Gasteiger partial charge in [-0.15, -0.1) is 0 Å². The van der Waals surface area contributed by atoms with Gasteiger partial charge in [0.2, 0.25) is 5.95 Å². The lowest BCUT2D eigenvalue weighted by atomic mass is 10.2. The highest BCUT2D eigenvalue weighted by molar-refractivity contribution is 5.81. The maximum atomic E-state index is 11.6. The third-order valence-electron chi connectivity index (χ3n) is 3.09. The van der Waals surface area contributed by atoms with Crippen LogP contribution in [0.5, 0.6) is 11.5 Å². The molecular weight excluding hydrogens is 300 g/mol. The van der Waals surface area contributed by atoms with Crippen LogP contribution < -0.4 is 20.5 Å². The molecule has 0 bridgehead atoms. The van der Waals surface area contributed by atoms with Crippen LogP contribution in [-0.2, 0) is 0 Å². The van der Waals surface area contributed by atoms with Gasteiger partial charge in [0, 0.05) is 0 Å². The van der Waals surface area contributed by atoms with Crippen molar-refractivity contribution in [1.82, 2.24) is 19.9 Å². The second kappa shape index (κ2) is 6.18. The van der Waals surface area contributed by atoms with E-state index in [1.807, 2.05) is 6.07 Å². The van der Waals surface area contributed by atoms with E-state index in [0.717, 1.165) is 5.56 Å². The summed E-state index contributed by atoms with van der Waals surface area (Å²) in [7, 11) is 3.14. The van der Waals surface area contributed by atoms with Gasteiger partial charge in [0.15, 0.2) is 22.7 Å². The largest absolute Gasteiger partial charge is 0.493 e. The number of hydrogen-bond donors (Lipinski definition) is 3. The molecule has 0 aliphatic carbocycles. The number of rotatable bonds is 5. The van der Waals surface area contributed by atoms with Crippen molar-refractivity contribution >= 4 is 23.3 Å². The summed E-state index contributed by atoms with van der Waals surface area (Å²) in [6, 6.07) is 5.40. The zero-order chi connectivity index (χ0) is 16.2. The van der Waals surface area contributed by atoms with Crippen molar-refractivity contribution in [3.63, 3.8) is 0 Å². The third-order valence-corrected chi connectivity index (χ3v) is 3.09. The van der Waals surface area contributed by atoms with E-state index >= 15 is 0 Å². The monoisotopic (exact) mass is 314 g/mol. The number of anilines is 1. The highest BCUT2D eigenvalue weighted by Crippen LogP contribution is 2.26. The lowest BCUT2D eigenvalue weighted by Gasteiger charge is -2.07. The minimum absolute atomic E-state index is 0.288. The summed E-state index contributed by atoms with van der Waals surface area (Å²) < 4.78 is 10.4. The molecule has 118 valence electrons. The standard InChI is InChI=1S/C14H14N6O3/c1-22-9-4-3-8(5-10(9)23-2)6-17-20-14-18-11-12(19-14)15-7-16-13(11)21/h3-7H,1-2H3,(H3,15,16,18,19,20,21). The van der Waals surface area contributed by atoms with Crippen molar-refractivity contribution in [2.75, 3.05) is 19.6 Å². The fourth-order valence-corrected chi connectivity index (χ4v) is 1.99. The van der Waals surface area contributed by atoms with Crippen LogP contribution in [0, 0.1) is 0 Å². The number of benzene rings is 1. The van der Waals surface area contributed by atoms with Crippen LogP contribution in [-0.4, -0.2) is 40.4 Å². The van der Waals surface area contributed by atoms with Crippen molar-refractivity contribution in [1.29, 1.82) is 0 Å². The van der Waals surface area contributed by atoms with Gasteiger partial charge >= 0.3 is 0 Å². The Labute approximate surface area is 130 Å². The highest BCUT2D eigenvalue weighted by Gasteiger charge is 2.06. The first-order valence-corrected chi connectivity index (χ1v) is 6.66. The van der Waals surface area contributed by atoms with Gasteiger partial charge in [0.1, 0.15) is 0 Å². The molecule has 0 saturated heterocycles. The van der Waals surface area contributed by atoms with Gasteiger partial charge in [-0.05, 0) is 23.8 Å². The molecule has 0 aliphatic heterocycles. The Hall–Kier alpha value is -3.36. The molecule has 0 radical (unpaired) electrons. The van der Waals surface area contributed by atoms with E-state index in [-0.39, 0.29) is 11.1 Å². The topological polar surface area (TPSA) is 117 Å². The van der Waals surface area contributed by atoms with E-state index in [9.17, 15) is 4.79 Å². The first-order chi connectivity index (χ1) is 11.2. The van der Waals surface area contributed by atoms with Crippen LogP contribution >= 0.6 is 0 Å². The van der Waals surface area contributed by atoms with Crippen LogP contribution in [0.3, 0.4) is 0 Å². The van der Waals surface area contributed by atoms with Crippen LogP contribution in [0.2, 0.25) is 0 Å². The Morgan fingerprint density at radius 1 is 1.26 bits per heavy atom. The molecule has 3 rings (SSSR count). The number of hydrogen-bond acceptors (Lipinski definition) is 7. The molecule has 9 heteroatoms. The van der Waals surface area contributed by atoms with Crippen molar-refractivity contribution in [3.8, 4) is 11.5 Å². The van der Waals surface area contributed by atoms with Crippen LogP contribution in [0.1, 0.15) is 5.56 Å². The first kappa shape index (κ1) is 14.6. The number of nitrogens with one attached hydrogen (secondary N) is 3. The predicted octanol–water partition coefficient (Wildman–Crippen LogP) is 1.11. The Balaban J connectivity index is 1.77. The third kappa shape index (κ3) is 2.98. The zero-order valence-electron chi connectivity index (χ0n) is 12.5. The Morgan fingerprint density at radius 2 is 2.09 bits per heavy atom. The summed E-state index contributed by atoms with van der Waals surface area (Å²) in [6.07, 6.45) is 2.88. The Morgan fingerprint density at radius 3 is 2.83 bits per heavy atom. The SMILES string of the molecule is COc1ccc(C=NNc2nc3nc[nH]c(=O)c3[nH]2)cc1OC. The second-order valence-corrected chi connectivity index (χ2v) is 4.50. The van der Waals surface area contributed by atoms with Gasteiger partial charge in [0.05, 0.1) is 26.8 Å². The summed E-state index contributed by atoms with van der Waals surface area (Å²) in [6.45, 7) is 0. The maximum Gasteiger partial charge on any atom is 0.276 e. The molecule has 1 aromatic carbocycles. The lowest BCUT2D eigenvalue weighted by Crippen LogP contribution is -2.05. The van der Waals surface area contributed by atoms with Gasteiger partial charge in [-0.25, -0.2) is 10.4 Å². The zero-order valence-corrected chi connectivity index (χ0v) is 12.5. The average Bonchev–Trinajstić information content (AvgIpc) is 2.99. The van der Waals surface area contributed by atoms with Crippen molar-refractivity contribution in [3.05, 3.63) is 40.4 Å². The summed E-state index contributed by atoms with van der Waals surface area (Å²) in [5.74, 6) is 1.57. The summed E-state index contributed by atoms with van der Waals surface area (Å²) in [5, 5.41) is 4.06. The number of imidazole rings is 1. The molecule has 9 nitrogen and oxygen atoms in total. The number of aromatic amines is 2. The summed E-state index contributed by atoms with van der Waals surface area (Å²) in [4.78, 5) is 24.9. The smallest absolute Gasteiger partial charge is 0.276 e. The van der Waals surface area contributed by atoms with Crippen molar-refractivity contribution < 1.29 is 9.47 Å². The number of methoxy groups -OCH3 is 2. The molecule has 0 saturated carbocycles. The first-order valence-electron chi connectivity index (χ1n) is 6.66. The normalized spacial score (nSPS) is 11.0. The van der Waals surface area contributed by atoms with Gasteiger partial charge < -0.3 is 19.4 Å². The fraction of sp³-hybridized carbons (Fsp3) is 0.143. The number of hydrazone groups is 1. The fourth-order valence-electron chi connectivity index (χ4n) is 1.99. The molecule has 2 heterocycles. The van der Waals surface area contributed by atoms with Gasteiger partial charge in [-0.1, -0.05) is 0 Å². The van der Waals surface area contributed by atoms with Crippen molar-refractivity contribution in [2.45, 2.75) is 0 Å². The number of aromatic nitrogens is 4. The molecule has 2 aromatic heterocycles. The van der Waals surface area contributed by atoms with E-state index < -0.39 is 0 Å². The minimum Gasteiger partial charge on any atom is -0.493 e. The average molecular weight is 314 g/mol. The molecule has 0 spiro atoms. The molecule has 0 atom stereocenters. The molecule has 0 amide bonds. The van der Waals surface area contributed by atoms with E-state index in [1.54, 1.807) is 32.6 Å². The Kier molecular flexibility index (Phi) is 3.91.